The van der Waals surface area contributed by atoms with Gasteiger partial charge in [0.15, 0.2) is 0 Å². The summed E-state index contributed by atoms with van der Waals surface area (Å²) < 4.78 is 0. The molecule has 1 amide bonds. The van der Waals surface area contributed by atoms with Crippen LogP contribution >= 0.6 is 12.4 Å². The summed E-state index contributed by atoms with van der Waals surface area (Å²) in [6.45, 7) is 6.97. The zero-order valence-electron chi connectivity index (χ0n) is 10.8. The Morgan fingerprint density at radius 1 is 1.31 bits per heavy atom. The molecule has 0 saturated heterocycles. The molecule has 3 N–H and O–H groups in total. The molecule has 0 aliphatic rings. The van der Waals surface area contributed by atoms with Crippen LogP contribution in [0.2, 0.25) is 0 Å². The molecule has 0 saturated carbocycles. The van der Waals surface area contributed by atoms with Gasteiger partial charge in [0.25, 0.3) is 0 Å². The molecule has 0 aliphatic carbocycles. The molecule has 0 rings (SSSR count). The molecule has 4 heteroatoms. The molecular weight excluding hydrogens is 224 g/mol. The average molecular weight is 251 g/mol. The summed E-state index contributed by atoms with van der Waals surface area (Å²) in [5, 5.41) is 2.99. The summed E-state index contributed by atoms with van der Waals surface area (Å²) in [5.74, 6) is 0.731. The van der Waals surface area contributed by atoms with Crippen molar-refractivity contribution in [2.24, 2.45) is 11.7 Å². The van der Waals surface area contributed by atoms with Gasteiger partial charge in [-0.15, -0.1) is 12.4 Å². The highest BCUT2D eigenvalue weighted by molar-refractivity contribution is 5.85. The van der Waals surface area contributed by atoms with Gasteiger partial charge in [0.05, 0.1) is 0 Å². The molecule has 0 aromatic carbocycles. The highest BCUT2D eigenvalue weighted by atomic mass is 35.5. The molecule has 16 heavy (non-hydrogen) atoms. The van der Waals surface area contributed by atoms with E-state index in [-0.39, 0.29) is 24.4 Å². The summed E-state index contributed by atoms with van der Waals surface area (Å²) in [7, 11) is 0. The third-order valence-electron chi connectivity index (χ3n) is 2.41. The monoisotopic (exact) mass is 250 g/mol. The van der Waals surface area contributed by atoms with Crippen LogP contribution in [-0.4, -0.2) is 18.5 Å². The number of carbonyl (C=O) groups excluding carboxylic acids is 1. The standard InChI is InChI=1S/C12H26N2O.ClH/c1-4-5-6-7-12(15)14-11(9-13)8-10(2)3;/h10-11H,4-9,13H2,1-3H3,(H,14,15);1H. The van der Waals surface area contributed by atoms with Gasteiger partial charge >= 0.3 is 0 Å². The van der Waals surface area contributed by atoms with Crippen molar-refractivity contribution in [1.29, 1.82) is 0 Å². The summed E-state index contributed by atoms with van der Waals surface area (Å²) in [6, 6.07) is 0.152. The van der Waals surface area contributed by atoms with Gasteiger partial charge < -0.3 is 11.1 Å². The SMILES string of the molecule is CCCCCC(=O)NC(CN)CC(C)C.Cl. The third kappa shape index (κ3) is 10.2. The lowest BCUT2D eigenvalue weighted by Crippen LogP contribution is -2.40. The van der Waals surface area contributed by atoms with E-state index in [0.29, 0.717) is 18.9 Å². The Morgan fingerprint density at radius 2 is 1.94 bits per heavy atom. The second-order valence-corrected chi connectivity index (χ2v) is 4.59. The van der Waals surface area contributed by atoms with Crippen LogP contribution in [0.1, 0.15) is 52.9 Å². The van der Waals surface area contributed by atoms with Gasteiger partial charge in [-0.2, -0.15) is 0 Å². The maximum atomic E-state index is 11.5. The van der Waals surface area contributed by atoms with E-state index in [9.17, 15) is 4.79 Å². The Kier molecular flexibility index (Phi) is 12.7. The average Bonchev–Trinajstić information content (AvgIpc) is 2.16. The number of halogens is 1. The molecule has 0 bridgehead atoms. The fraction of sp³-hybridized carbons (Fsp3) is 0.917. The molecule has 0 spiro atoms. The Labute approximate surface area is 106 Å². The van der Waals surface area contributed by atoms with Crippen molar-refractivity contribution >= 4 is 18.3 Å². The Morgan fingerprint density at radius 3 is 2.38 bits per heavy atom. The van der Waals surface area contributed by atoms with Crippen LogP contribution in [0.25, 0.3) is 0 Å². The first kappa shape index (κ1) is 18.1. The van der Waals surface area contributed by atoms with Crippen LogP contribution < -0.4 is 11.1 Å². The lowest BCUT2D eigenvalue weighted by atomic mass is 10.0. The van der Waals surface area contributed by atoms with Gasteiger partial charge in [-0.05, 0) is 18.8 Å². The Hall–Kier alpha value is -0.280. The van der Waals surface area contributed by atoms with Crippen molar-refractivity contribution < 1.29 is 4.79 Å². The van der Waals surface area contributed by atoms with Crippen LogP contribution in [0.5, 0.6) is 0 Å². The summed E-state index contributed by atoms with van der Waals surface area (Å²) >= 11 is 0. The second kappa shape index (κ2) is 11.2. The Balaban J connectivity index is 0. The maximum Gasteiger partial charge on any atom is 0.220 e. The predicted octanol–water partition coefficient (Wildman–Crippen LogP) is 2.48. The van der Waals surface area contributed by atoms with E-state index in [1.807, 2.05) is 0 Å². The molecule has 1 atom stereocenters. The van der Waals surface area contributed by atoms with Crippen LogP contribution in [0.4, 0.5) is 0 Å². The summed E-state index contributed by atoms with van der Waals surface area (Å²) in [5.41, 5.74) is 5.61. The van der Waals surface area contributed by atoms with E-state index in [4.69, 9.17) is 5.73 Å². The third-order valence-corrected chi connectivity index (χ3v) is 2.41. The van der Waals surface area contributed by atoms with Crippen LogP contribution in [0, 0.1) is 5.92 Å². The zero-order chi connectivity index (χ0) is 11.7. The first-order chi connectivity index (χ1) is 7.10. The highest BCUT2D eigenvalue weighted by Gasteiger charge is 2.11. The molecule has 0 aromatic heterocycles. The number of carbonyl (C=O) groups is 1. The van der Waals surface area contributed by atoms with Crippen molar-refractivity contribution in [2.75, 3.05) is 6.54 Å². The first-order valence-electron chi connectivity index (χ1n) is 6.09. The first-order valence-corrected chi connectivity index (χ1v) is 6.09. The van der Waals surface area contributed by atoms with E-state index < -0.39 is 0 Å². The quantitative estimate of drug-likeness (QED) is 0.651. The number of nitrogens with two attached hydrogens (primary N) is 1. The molecule has 0 aromatic rings. The molecule has 0 aliphatic heterocycles. The van der Waals surface area contributed by atoms with Gasteiger partial charge in [0, 0.05) is 19.0 Å². The number of amides is 1. The number of nitrogens with one attached hydrogen (secondary N) is 1. The fourth-order valence-corrected chi connectivity index (χ4v) is 1.62. The maximum absolute atomic E-state index is 11.5. The topological polar surface area (TPSA) is 55.1 Å². The molecule has 98 valence electrons. The highest BCUT2D eigenvalue weighted by Crippen LogP contribution is 2.05. The molecule has 0 fully saturated rings. The van der Waals surface area contributed by atoms with Crippen molar-refractivity contribution in [2.45, 2.75) is 58.9 Å². The summed E-state index contributed by atoms with van der Waals surface area (Å²) in [6.07, 6.45) is 4.88. The fourth-order valence-electron chi connectivity index (χ4n) is 1.62. The Bertz CT molecular complexity index is 174. The van der Waals surface area contributed by atoms with Crippen molar-refractivity contribution in [3.8, 4) is 0 Å². The lowest BCUT2D eigenvalue weighted by molar-refractivity contribution is -0.121. The van der Waals surface area contributed by atoms with Gasteiger partial charge in [0.1, 0.15) is 0 Å². The van der Waals surface area contributed by atoms with Gasteiger partial charge in [-0.25, -0.2) is 0 Å². The van der Waals surface area contributed by atoms with E-state index in [2.05, 4.69) is 26.1 Å². The van der Waals surface area contributed by atoms with E-state index in [1.54, 1.807) is 0 Å². The number of rotatable bonds is 8. The van der Waals surface area contributed by atoms with Gasteiger partial charge in [-0.3, -0.25) is 4.79 Å². The normalized spacial score (nSPS) is 12.1. The lowest BCUT2D eigenvalue weighted by Gasteiger charge is -2.18. The van der Waals surface area contributed by atoms with Crippen LogP contribution in [-0.2, 0) is 4.79 Å². The largest absolute Gasteiger partial charge is 0.352 e. The minimum absolute atomic E-state index is 0. The minimum Gasteiger partial charge on any atom is -0.352 e. The molecular formula is C12H27ClN2O. The van der Waals surface area contributed by atoms with Crippen LogP contribution in [0.3, 0.4) is 0 Å². The molecule has 0 heterocycles. The second-order valence-electron chi connectivity index (χ2n) is 4.59. The molecule has 0 radical (unpaired) electrons. The predicted molar refractivity (Wildman–Crippen MR) is 71.8 cm³/mol. The van der Waals surface area contributed by atoms with Crippen LogP contribution in [0.15, 0.2) is 0 Å². The molecule has 3 nitrogen and oxygen atoms in total. The van der Waals surface area contributed by atoms with Gasteiger partial charge in [-0.1, -0.05) is 33.6 Å². The minimum atomic E-state index is 0. The summed E-state index contributed by atoms with van der Waals surface area (Å²) in [4.78, 5) is 11.5. The zero-order valence-corrected chi connectivity index (χ0v) is 11.6. The van der Waals surface area contributed by atoms with Crippen molar-refractivity contribution in [3.63, 3.8) is 0 Å². The molecule has 1 unspecified atom stereocenters. The number of hydrogen-bond acceptors (Lipinski definition) is 2. The van der Waals surface area contributed by atoms with Crippen molar-refractivity contribution in [3.05, 3.63) is 0 Å². The van der Waals surface area contributed by atoms with Crippen molar-refractivity contribution in [1.82, 2.24) is 5.32 Å². The van der Waals surface area contributed by atoms with E-state index >= 15 is 0 Å². The number of unbranched alkanes of at least 4 members (excludes halogenated alkanes) is 2. The van der Waals surface area contributed by atoms with E-state index in [0.717, 1.165) is 25.7 Å². The van der Waals surface area contributed by atoms with E-state index in [1.165, 1.54) is 0 Å². The number of hydrogen-bond donors (Lipinski definition) is 2. The smallest absolute Gasteiger partial charge is 0.220 e. The van der Waals surface area contributed by atoms with Gasteiger partial charge in [0.2, 0.25) is 5.91 Å².